The second-order valence-corrected chi connectivity index (χ2v) is 4.20. The monoisotopic (exact) mass is 224 g/mol. The lowest BCUT2D eigenvalue weighted by molar-refractivity contribution is 0.0972. The molecule has 1 aromatic rings. The summed E-state index contributed by atoms with van der Waals surface area (Å²) >= 11 is 0. The third-order valence-corrected chi connectivity index (χ3v) is 2.41. The molecule has 0 saturated heterocycles. The van der Waals surface area contributed by atoms with Crippen LogP contribution in [0.4, 0.5) is 4.39 Å². The molecule has 0 N–H and O–H groups in total. The molecule has 0 unspecified atom stereocenters. The molecule has 0 aliphatic carbocycles. The lowest BCUT2D eigenvalue weighted by Crippen LogP contribution is -2.04. The molecule has 0 saturated carbocycles. The molecule has 0 aliphatic rings. The van der Waals surface area contributed by atoms with Crippen LogP contribution in [0.15, 0.2) is 18.2 Å². The zero-order chi connectivity index (χ0) is 12.1. The van der Waals surface area contributed by atoms with Crippen molar-refractivity contribution in [2.75, 3.05) is 7.11 Å². The Labute approximate surface area is 95.4 Å². The maximum atomic E-state index is 13.0. The van der Waals surface area contributed by atoms with Gasteiger partial charge in [-0.2, -0.15) is 0 Å². The Morgan fingerprint density at radius 1 is 1.44 bits per heavy atom. The zero-order valence-electron chi connectivity index (χ0n) is 9.92. The van der Waals surface area contributed by atoms with Crippen molar-refractivity contribution < 1.29 is 13.9 Å². The summed E-state index contributed by atoms with van der Waals surface area (Å²) in [6, 6.07) is 4.01. The van der Waals surface area contributed by atoms with Gasteiger partial charge in [0.2, 0.25) is 0 Å². The fraction of sp³-hybridized carbons (Fsp3) is 0.462. The lowest BCUT2D eigenvalue weighted by atomic mass is 10.0. The fourth-order valence-electron chi connectivity index (χ4n) is 1.45. The Morgan fingerprint density at radius 3 is 2.69 bits per heavy atom. The van der Waals surface area contributed by atoms with Gasteiger partial charge in [0, 0.05) is 6.42 Å². The molecule has 0 spiro atoms. The highest BCUT2D eigenvalue weighted by atomic mass is 19.1. The Bertz CT molecular complexity index is 372. The molecule has 0 bridgehead atoms. The van der Waals surface area contributed by atoms with Gasteiger partial charge in [-0.15, -0.1) is 0 Å². The largest absolute Gasteiger partial charge is 0.496 e. The van der Waals surface area contributed by atoms with Crippen LogP contribution >= 0.6 is 0 Å². The number of methoxy groups -OCH3 is 1. The first-order chi connectivity index (χ1) is 7.54. The summed E-state index contributed by atoms with van der Waals surface area (Å²) in [7, 11) is 1.48. The summed E-state index contributed by atoms with van der Waals surface area (Å²) in [5, 5.41) is 0. The number of hydrogen-bond acceptors (Lipinski definition) is 2. The number of hydrogen-bond donors (Lipinski definition) is 0. The molecule has 0 amide bonds. The number of carbonyl (C=O) groups is 1. The van der Waals surface area contributed by atoms with Crippen LogP contribution in [0.3, 0.4) is 0 Å². The highest BCUT2D eigenvalue weighted by Crippen LogP contribution is 2.22. The third kappa shape index (κ3) is 3.33. The van der Waals surface area contributed by atoms with Crippen LogP contribution < -0.4 is 4.74 Å². The van der Waals surface area contributed by atoms with Crippen LogP contribution in [0.5, 0.6) is 5.75 Å². The highest BCUT2D eigenvalue weighted by molar-refractivity contribution is 5.98. The first-order valence-corrected chi connectivity index (χ1v) is 5.41. The number of benzene rings is 1. The standard InChI is InChI=1S/C13H17FO2/c1-9(2)4-6-12(15)11-8-10(14)5-7-13(11)16-3/h5,7-9H,4,6H2,1-3H3. The van der Waals surface area contributed by atoms with Crippen LogP contribution in [-0.4, -0.2) is 12.9 Å². The van der Waals surface area contributed by atoms with Gasteiger partial charge in [-0.1, -0.05) is 13.8 Å². The molecule has 1 rings (SSSR count). The summed E-state index contributed by atoms with van der Waals surface area (Å²) in [5.74, 6) is 0.428. The molecule has 0 atom stereocenters. The molecule has 0 radical (unpaired) electrons. The molecule has 3 heteroatoms. The molecule has 88 valence electrons. The minimum atomic E-state index is -0.409. The Hall–Kier alpha value is -1.38. The van der Waals surface area contributed by atoms with E-state index in [1.54, 1.807) is 0 Å². The Kier molecular flexibility index (Phi) is 4.47. The van der Waals surface area contributed by atoms with E-state index in [1.165, 1.54) is 25.3 Å². The number of rotatable bonds is 5. The van der Waals surface area contributed by atoms with Crippen LogP contribution in [0.2, 0.25) is 0 Å². The second-order valence-electron chi connectivity index (χ2n) is 4.20. The predicted octanol–water partition coefficient (Wildman–Crippen LogP) is 3.45. The van der Waals surface area contributed by atoms with E-state index in [9.17, 15) is 9.18 Å². The number of halogens is 1. The van der Waals surface area contributed by atoms with Gasteiger partial charge in [0.1, 0.15) is 11.6 Å². The van der Waals surface area contributed by atoms with E-state index in [4.69, 9.17) is 4.74 Å². The van der Waals surface area contributed by atoms with Crippen molar-refractivity contribution in [2.24, 2.45) is 5.92 Å². The molecule has 2 nitrogen and oxygen atoms in total. The normalized spacial score (nSPS) is 10.6. The van der Waals surface area contributed by atoms with Gasteiger partial charge in [0.25, 0.3) is 0 Å². The first-order valence-electron chi connectivity index (χ1n) is 5.41. The zero-order valence-corrected chi connectivity index (χ0v) is 9.92. The predicted molar refractivity (Wildman–Crippen MR) is 61.4 cm³/mol. The summed E-state index contributed by atoms with van der Waals surface area (Å²) in [5.41, 5.74) is 0.336. The van der Waals surface area contributed by atoms with Gasteiger partial charge in [0.05, 0.1) is 12.7 Å². The third-order valence-electron chi connectivity index (χ3n) is 2.41. The molecule has 0 aliphatic heterocycles. The van der Waals surface area contributed by atoms with Crippen LogP contribution in [0, 0.1) is 11.7 Å². The molecule has 0 aromatic heterocycles. The van der Waals surface area contributed by atoms with Gasteiger partial charge < -0.3 is 4.74 Å². The minimum Gasteiger partial charge on any atom is -0.496 e. The van der Waals surface area contributed by atoms with E-state index in [0.29, 0.717) is 23.7 Å². The Morgan fingerprint density at radius 2 is 2.12 bits per heavy atom. The minimum absolute atomic E-state index is 0.0648. The van der Waals surface area contributed by atoms with E-state index in [1.807, 2.05) is 0 Å². The average molecular weight is 224 g/mol. The van der Waals surface area contributed by atoms with Gasteiger partial charge in [-0.25, -0.2) is 4.39 Å². The summed E-state index contributed by atoms with van der Waals surface area (Å²) in [4.78, 5) is 11.8. The van der Waals surface area contributed by atoms with E-state index in [2.05, 4.69) is 13.8 Å². The molecule has 1 aromatic carbocycles. The lowest BCUT2D eigenvalue weighted by Gasteiger charge is -2.08. The second kappa shape index (κ2) is 5.64. The maximum Gasteiger partial charge on any atom is 0.166 e. The van der Waals surface area contributed by atoms with Crippen molar-refractivity contribution in [3.05, 3.63) is 29.6 Å². The molecule has 16 heavy (non-hydrogen) atoms. The number of carbonyl (C=O) groups excluding carboxylic acids is 1. The highest BCUT2D eigenvalue weighted by Gasteiger charge is 2.13. The van der Waals surface area contributed by atoms with Gasteiger partial charge in [-0.05, 0) is 30.5 Å². The quantitative estimate of drug-likeness (QED) is 0.716. The first kappa shape index (κ1) is 12.7. The van der Waals surface area contributed by atoms with E-state index in [-0.39, 0.29) is 5.78 Å². The summed E-state index contributed by atoms with van der Waals surface area (Å²) in [6.45, 7) is 4.10. The van der Waals surface area contributed by atoms with Crippen molar-refractivity contribution >= 4 is 5.78 Å². The molecule has 0 fully saturated rings. The van der Waals surface area contributed by atoms with Crippen molar-refractivity contribution in [3.8, 4) is 5.75 Å². The maximum absolute atomic E-state index is 13.0. The van der Waals surface area contributed by atoms with Crippen molar-refractivity contribution in [1.82, 2.24) is 0 Å². The molecular weight excluding hydrogens is 207 g/mol. The molecular formula is C13H17FO2. The number of Topliss-reactive ketones (excluding diaryl/α,β-unsaturated/α-hetero) is 1. The summed E-state index contributed by atoms with van der Waals surface area (Å²) < 4.78 is 18.1. The van der Waals surface area contributed by atoms with Crippen molar-refractivity contribution in [3.63, 3.8) is 0 Å². The van der Waals surface area contributed by atoms with Crippen LogP contribution in [-0.2, 0) is 0 Å². The average Bonchev–Trinajstić information content (AvgIpc) is 2.25. The van der Waals surface area contributed by atoms with Crippen LogP contribution in [0.1, 0.15) is 37.0 Å². The number of ketones is 1. The van der Waals surface area contributed by atoms with Gasteiger partial charge in [-0.3, -0.25) is 4.79 Å². The number of ether oxygens (including phenoxy) is 1. The van der Waals surface area contributed by atoms with E-state index in [0.717, 1.165) is 6.42 Å². The SMILES string of the molecule is COc1ccc(F)cc1C(=O)CCC(C)C. The Balaban J connectivity index is 2.84. The summed E-state index contributed by atoms with van der Waals surface area (Å²) in [6.07, 6.45) is 1.23. The molecule has 0 heterocycles. The van der Waals surface area contributed by atoms with Gasteiger partial charge >= 0.3 is 0 Å². The van der Waals surface area contributed by atoms with Gasteiger partial charge in [0.15, 0.2) is 5.78 Å². The van der Waals surface area contributed by atoms with E-state index < -0.39 is 5.82 Å². The fourth-order valence-corrected chi connectivity index (χ4v) is 1.45. The van der Waals surface area contributed by atoms with Crippen molar-refractivity contribution in [2.45, 2.75) is 26.7 Å². The van der Waals surface area contributed by atoms with Crippen LogP contribution in [0.25, 0.3) is 0 Å². The van der Waals surface area contributed by atoms with E-state index >= 15 is 0 Å². The van der Waals surface area contributed by atoms with Crippen molar-refractivity contribution in [1.29, 1.82) is 0 Å². The smallest absolute Gasteiger partial charge is 0.166 e. The topological polar surface area (TPSA) is 26.3 Å².